The topological polar surface area (TPSA) is 242 Å². The van der Waals surface area contributed by atoms with Crippen LogP contribution in [0.15, 0.2) is 12.1 Å². The molecule has 2 fully saturated rings. The Bertz CT molecular complexity index is 2220. The van der Waals surface area contributed by atoms with Crippen LogP contribution in [0.2, 0.25) is 0 Å². The summed E-state index contributed by atoms with van der Waals surface area (Å²) in [5.74, 6) is -7.51. The molecule has 62 heavy (non-hydrogen) atoms. The van der Waals surface area contributed by atoms with Crippen LogP contribution in [-0.2, 0) is 62.6 Å². The number of hydrogen-bond acceptors (Lipinski definition) is 19. The molecule has 13 unspecified atom stereocenters. The number of methoxy groups -OCH3 is 4. The number of hydrogen-bond donors (Lipinski definition) is 3. The summed E-state index contributed by atoms with van der Waals surface area (Å²) in [6.45, 7) is 8.76. The van der Waals surface area contributed by atoms with Crippen molar-refractivity contribution >= 4 is 29.5 Å². The minimum absolute atomic E-state index is 0.0215. The van der Waals surface area contributed by atoms with E-state index in [1.807, 2.05) is 0 Å². The number of rotatable bonds is 9. The average Bonchev–Trinajstić information content (AvgIpc) is 3.17. The van der Waals surface area contributed by atoms with Crippen LogP contribution >= 0.6 is 0 Å². The number of likely N-dealkylation sites (N-methyl/N-ethyl adjacent to an activating group) is 1. The van der Waals surface area contributed by atoms with Crippen molar-refractivity contribution < 1.29 is 86.7 Å². The number of phenolic OH excluding ortho intramolecular Hbond substituents is 2. The summed E-state index contributed by atoms with van der Waals surface area (Å²) in [5, 5.41) is 36.1. The number of fused-ring (bicyclic) bond motifs is 8. The fourth-order valence-electron chi connectivity index (χ4n) is 10.3. The highest BCUT2D eigenvalue weighted by atomic mass is 16.7. The second-order valence-corrected chi connectivity index (χ2v) is 17.2. The van der Waals surface area contributed by atoms with Gasteiger partial charge in [-0.05, 0) is 59.5 Å². The number of esters is 3. The Morgan fingerprint density at radius 2 is 1.52 bits per heavy atom. The SMILES string of the molecule is COC(=O)C1c2cc3c(c(O)c2C(OC2OC(C)C(OC)C(C)(OC)C2OC)CC1(C)O)C(=O)c1c(O)cc2c(c1C3=O)OC1OC2(C)C(OC(C)=O)C(N(C)C)C1OC(C)=O. The Labute approximate surface area is 357 Å². The largest absolute Gasteiger partial charge is 0.507 e. The van der Waals surface area contributed by atoms with Gasteiger partial charge in [-0.15, -0.1) is 0 Å². The van der Waals surface area contributed by atoms with Crippen molar-refractivity contribution in [2.45, 2.75) is 126 Å². The maximum Gasteiger partial charge on any atom is 0.316 e. The third-order valence-electron chi connectivity index (χ3n) is 13.0. The third kappa shape index (κ3) is 6.67. The molecule has 19 nitrogen and oxygen atoms in total. The average molecular weight is 872 g/mol. The molecule has 0 spiro atoms. The molecule has 2 aromatic carbocycles. The summed E-state index contributed by atoms with van der Waals surface area (Å²) >= 11 is 0. The molecule has 2 aromatic rings. The molecule has 338 valence electrons. The van der Waals surface area contributed by atoms with Gasteiger partial charge in [0, 0.05) is 58.3 Å². The lowest BCUT2D eigenvalue weighted by molar-refractivity contribution is -0.345. The van der Waals surface area contributed by atoms with E-state index in [9.17, 15) is 34.5 Å². The summed E-state index contributed by atoms with van der Waals surface area (Å²) in [4.78, 5) is 70.2. The van der Waals surface area contributed by atoms with Crippen molar-refractivity contribution in [2.75, 3.05) is 42.5 Å². The highest BCUT2D eigenvalue weighted by Gasteiger charge is 2.63. The predicted octanol–water partition coefficient (Wildman–Crippen LogP) is 2.28. The summed E-state index contributed by atoms with van der Waals surface area (Å²) in [5.41, 5.74) is -6.88. The Morgan fingerprint density at radius 3 is 2.08 bits per heavy atom. The second-order valence-electron chi connectivity index (χ2n) is 17.2. The van der Waals surface area contributed by atoms with Gasteiger partial charge in [-0.25, -0.2) is 0 Å². The first-order chi connectivity index (χ1) is 29.0. The van der Waals surface area contributed by atoms with Crippen LogP contribution in [0.25, 0.3) is 0 Å². The van der Waals surface area contributed by atoms with E-state index in [4.69, 9.17) is 47.4 Å². The fourth-order valence-corrected chi connectivity index (χ4v) is 10.3. The molecule has 0 saturated carbocycles. The first-order valence-electron chi connectivity index (χ1n) is 20.0. The molecule has 3 aliphatic heterocycles. The van der Waals surface area contributed by atoms with Gasteiger partial charge >= 0.3 is 17.9 Å². The molecule has 0 aromatic heterocycles. The number of nitrogens with zero attached hydrogens (tertiary/aromatic N) is 1. The van der Waals surface area contributed by atoms with E-state index >= 15 is 4.79 Å². The molecule has 0 amide bonds. The smallest absolute Gasteiger partial charge is 0.316 e. The van der Waals surface area contributed by atoms with Crippen molar-refractivity contribution in [3.63, 3.8) is 0 Å². The minimum Gasteiger partial charge on any atom is -0.507 e. The molecule has 7 rings (SSSR count). The van der Waals surface area contributed by atoms with E-state index in [-0.39, 0.29) is 28.9 Å². The highest BCUT2D eigenvalue weighted by molar-refractivity contribution is 6.31. The number of benzene rings is 2. The van der Waals surface area contributed by atoms with Crippen LogP contribution in [-0.4, -0.2) is 153 Å². The molecular formula is C43H53NO18. The van der Waals surface area contributed by atoms with Crippen LogP contribution < -0.4 is 4.74 Å². The zero-order valence-electron chi connectivity index (χ0n) is 36.5. The molecule has 19 heteroatoms. The molecular weight excluding hydrogens is 818 g/mol. The van der Waals surface area contributed by atoms with Gasteiger partial charge in [0.15, 0.2) is 24.3 Å². The lowest BCUT2D eigenvalue weighted by Gasteiger charge is -2.55. The molecule has 13 atom stereocenters. The summed E-state index contributed by atoms with van der Waals surface area (Å²) in [7, 11) is 8.83. The van der Waals surface area contributed by atoms with Gasteiger partial charge in [-0.3, -0.25) is 28.9 Å². The van der Waals surface area contributed by atoms with Crippen molar-refractivity contribution in [1.82, 2.24) is 4.90 Å². The van der Waals surface area contributed by atoms with Gasteiger partial charge in [-0.2, -0.15) is 0 Å². The van der Waals surface area contributed by atoms with Crippen LogP contribution in [0.4, 0.5) is 0 Å². The predicted molar refractivity (Wildman–Crippen MR) is 210 cm³/mol. The zero-order chi connectivity index (χ0) is 45.7. The lowest BCUT2D eigenvalue weighted by Crippen LogP contribution is -2.70. The van der Waals surface area contributed by atoms with Crippen LogP contribution in [0.3, 0.4) is 0 Å². The van der Waals surface area contributed by atoms with Crippen molar-refractivity contribution in [1.29, 1.82) is 0 Å². The number of carbonyl (C=O) groups is 5. The van der Waals surface area contributed by atoms with Crippen LogP contribution in [0, 0.1) is 0 Å². The van der Waals surface area contributed by atoms with Crippen molar-refractivity contribution in [2.24, 2.45) is 0 Å². The second kappa shape index (κ2) is 15.8. The van der Waals surface area contributed by atoms with Crippen LogP contribution in [0.1, 0.15) is 109 Å². The number of phenols is 2. The van der Waals surface area contributed by atoms with E-state index in [1.165, 1.54) is 48.2 Å². The summed E-state index contributed by atoms with van der Waals surface area (Å²) < 4.78 is 59.6. The standard InChI is InChI=1S/C43H53NO18/c1-16-35(53-9)43(6,56-12)37(54-10)40(57-16)60-23-15-41(4,52)28(38(51)55-11)19-13-20-25(31(49)24(19)23)32(50)26-22(47)14-21-33(27(26)30(20)48)61-39-34(58-17(2)45)29(44(7)8)36(59-18(3)46)42(21,5)62-39/h13-14,16,23,28-29,34-37,39-40,47,49,52H,15H2,1-12H3. The monoisotopic (exact) mass is 871 g/mol. The molecule has 2 aliphatic carbocycles. The van der Waals surface area contributed by atoms with E-state index < -0.39 is 141 Å². The minimum atomic E-state index is -1.95. The number of ether oxygens (including phenoxy) is 10. The number of aliphatic hydroxyl groups is 1. The highest BCUT2D eigenvalue weighted by Crippen LogP contribution is 2.57. The molecule has 5 aliphatic rings. The first-order valence-corrected chi connectivity index (χ1v) is 20.0. The summed E-state index contributed by atoms with van der Waals surface area (Å²) in [6, 6.07) is 1.50. The molecule has 3 heterocycles. The van der Waals surface area contributed by atoms with E-state index in [0.29, 0.717) is 0 Å². The van der Waals surface area contributed by atoms with E-state index in [1.54, 1.807) is 39.8 Å². The van der Waals surface area contributed by atoms with Gasteiger partial charge in [-0.1, -0.05) is 0 Å². The van der Waals surface area contributed by atoms with Gasteiger partial charge < -0.3 is 62.7 Å². The first kappa shape index (κ1) is 45.3. The van der Waals surface area contributed by atoms with Gasteiger partial charge in [0.25, 0.3) is 0 Å². The number of carbonyl (C=O) groups excluding carboxylic acids is 5. The third-order valence-corrected chi connectivity index (χ3v) is 13.0. The Hall–Kier alpha value is -4.73. The summed E-state index contributed by atoms with van der Waals surface area (Å²) in [6.07, 6.45) is -9.03. The quantitative estimate of drug-likeness (QED) is 0.206. The number of aromatic hydroxyl groups is 2. The van der Waals surface area contributed by atoms with Gasteiger partial charge in [0.2, 0.25) is 12.1 Å². The van der Waals surface area contributed by atoms with Crippen molar-refractivity contribution in [3.05, 3.63) is 51.1 Å². The maximum absolute atomic E-state index is 15.1. The Kier molecular flexibility index (Phi) is 11.6. The molecule has 2 bridgehead atoms. The Balaban J connectivity index is 1.42. The normalized spacial score (nSPS) is 35.8. The van der Waals surface area contributed by atoms with Crippen LogP contribution in [0.5, 0.6) is 17.2 Å². The van der Waals surface area contributed by atoms with Gasteiger partial charge in [0.1, 0.15) is 46.6 Å². The van der Waals surface area contributed by atoms with Crippen molar-refractivity contribution in [3.8, 4) is 17.2 Å². The number of ketones is 2. The maximum atomic E-state index is 15.1. The molecule has 2 saturated heterocycles. The fraction of sp³-hybridized carbons (Fsp3) is 0.605. The zero-order valence-corrected chi connectivity index (χ0v) is 36.5. The Morgan fingerprint density at radius 1 is 0.871 bits per heavy atom. The molecule has 3 N–H and O–H groups in total. The van der Waals surface area contributed by atoms with E-state index in [0.717, 1.165) is 13.2 Å². The van der Waals surface area contributed by atoms with Gasteiger partial charge in [0.05, 0.1) is 47.7 Å². The lowest BCUT2D eigenvalue weighted by atomic mass is 9.68. The molecule has 0 radical (unpaired) electrons. The van der Waals surface area contributed by atoms with E-state index in [2.05, 4.69) is 0 Å².